The molecule has 0 unspecified atom stereocenters. The number of hydrogen-bond donors (Lipinski definition) is 2. The second-order valence-corrected chi connectivity index (χ2v) is 6.77. The number of carbonyl (C=O) groups excluding carboxylic acids is 1. The Morgan fingerprint density at radius 2 is 1.64 bits per heavy atom. The summed E-state index contributed by atoms with van der Waals surface area (Å²) < 4.78 is 84.7. The first-order valence-electron chi connectivity index (χ1n) is 9.18. The number of alkyl halides is 6. The van der Waals surface area contributed by atoms with Crippen LogP contribution in [0.5, 0.6) is 11.5 Å². The van der Waals surface area contributed by atoms with Crippen LogP contribution >= 0.6 is 0 Å². The Bertz CT molecular complexity index is 1320. The van der Waals surface area contributed by atoms with Gasteiger partial charge in [-0.25, -0.2) is 4.98 Å². The molecule has 0 aliphatic rings. The van der Waals surface area contributed by atoms with Crippen molar-refractivity contribution in [2.75, 3.05) is 5.32 Å². The molecule has 2 aromatic carbocycles. The predicted molar refractivity (Wildman–Crippen MR) is 105 cm³/mol. The molecule has 0 atom stereocenters. The quantitative estimate of drug-likeness (QED) is 0.360. The average Bonchev–Trinajstić information content (AvgIpc) is 3.17. The number of aromatic amines is 1. The molecule has 0 spiro atoms. The lowest BCUT2D eigenvalue weighted by Crippen LogP contribution is -2.13. The van der Waals surface area contributed by atoms with Crippen LogP contribution in [0.1, 0.15) is 21.7 Å². The first kappa shape index (κ1) is 22.1. The third-order valence-electron chi connectivity index (χ3n) is 4.41. The van der Waals surface area contributed by atoms with Crippen molar-refractivity contribution in [3.05, 3.63) is 77.9 Å². The SMILES string of the molecule is O=C(Nc1cccc(Oc2ccncc2)c1)c1nc2c(C(F)(F)F)cc(C(F)(F)F)cc2[nH]1. The lowest BCUT2D eigenvalue weighted by Gasteiger charge is -2.11. The number of benzene rings is 2. The molecule has 33 heavy (non-hydrogen) atoms. The van der Waals surface area contributed by atoms with E-state index in [1.54, 1.807) is 24.3 Å². The lowest BCUT2D eigenvalue weighted by atomic mass is 10.1. The van der Waals surface area contributed by atoms with Gasteiger partial charge < -0.3 is 15.0 Å². The summed E-state index contributed by atoms with van der Waals surface area (Å²) in [6.07, 6.45) is -7.10. The molecule has 4 rings (SSSR count). The average molecular weight is 466 g/mol. The first-order valence-corrected chi connectivity index (χ1v) is 9.18. The standard InChI is InChI=1S/C21H12F6N4O2/c22-20(23,24)11-8-15(21(25,26)27)17-16(9-11)30-18(31-17)19(32)29-12-2-1-3-14(10-12)33-13-4-6-28-7-5-13/h1-10H,(H,29,32)(H,30,31). The van der Waals surface area contributed by atoms with Crippen molar-refractivity contribution in [2.24, 2.45) is 0 Å². The topological polar surface area (TPSA) is 79.9 Å². The molecule has 170 valence electrons. The smallest absolute Gasteiger partial charge is 0.418 e. The van der Waals surface area contributed by atoms with Gasteiger partial charge in [0, 0.05) is 24.1 Å². The van der Waals surface area contributed by atoms with E-state index < -0.39 is 46.2 Å². The molecule has 2 heterocycles. The van der Waals surface area contributed by atoms with Gasteiger partial charge in [-0.1, -0.05) is 6.07 Å². The van der Waals surface area contributed by atoms with Crippen LogP contribution in [-0.2, 0) is 12.4 Å². The minimum absolute atomic E-state index is 0.0369. The number of fused-ring (bicyclic) bond motifs is 1. The molecule has 0 fully saturated rings. The van der Waals surface area contributed by atoms with Crippen molar-refractivity contribution in [3.63, 3.8) is 0 Å². The van der Waals surface area contributed by atoms with Crippen molar-refractivity contribution >= 4 is 22.6 Å². The number of pyridine rings is 1. The maximum Gasteiger partial charge on any atom is 0.418 e. The molecule has 6 nitrogen and oxygen atoms in total. The van der Waals surface area contributed by atoms with Crippen LogP contribution in [0.25, 0.3) is 11.0 Å². The number of nitrogens with one attached hydrogen (secondary N) is 2. The molecule has 0 bridgehead atoms. The van der Waals surface area contributed by atoms with Gasteiger partial charge in [-0.3, -0.25) is 9.78 Å². The molecule has 1 amide bonds. The number of anilines is 1. The zero-order valence-electron chi connectivity index (χ0n) is 16.3. The van der Waals surface area contributed by atoms with Gasteiger partial charge in [0.1, 0.15) is 17.0 Å². The van der Waals surface area contributed by atoms with Gasteiger partial charge in [-0.05, 0) is 36.4 Å². The molecule has 2 aromatic heterocycles. The minimum Gasteiger partial charge on any atom is -0.457 e. The zero-order chi connectivity index (χ0) is 23.8. The van der Waals surface area contributed by atoms with Gasteiger partial charge in [0.15, 0.2) is 5.82 Å². The van der Waals surface area contributed by atoms with E-state index in [1.165, 1.54) is 24.5 Å². The second kappa shape index (κ2) is 8.11. The Balaban J connectivity index is 1.63. The number of hydrogen-bond acceptors (Lipinski definition) is 4. The molecule has 0 saturated heterocycles. The Kier molecular flexibility index (Phi) is 5.44. The number of ether oxygens (including phenoxy) is 1. The van der Waals surface area contributed by atoms with Gasteiger partial charge in [0.25, 0.3) is 5.91 Å². The molecule has 0 saturated carbocycles. The number of carbonyl (C=O) groups is 1. The van der Waals surface area contributed by atoms with Crippen molar-refractivity contribution in [1.82, 2.24) is 15.0 Å². The number of halogens is 6. The van der Waals surface area contributed by atoms with Gasteiger partial charge in [-0.2, -0.15) is 26.3 Å². The molecule has 2 N–H and O–H groups in total. The maximum atomic E-state index is 13.3. The summed E-state index contributed by atoms with van der Waals surface area (Å²) in [4.78, 5) is 22.2. The maximum absolute atomic E-state index is 13.3. The van der Waals surface area contributed by atoms with E-state index in [0.717, 1.165) is 0 Å². The Labute approximate surface area is 181 Å². The third kappa shape index (κ3) is 4.89. The van der Waals surface area contributed by atoms with E-state index in [0.29, 0.717) is 17.6 Å². The number of imidazole rings is 1. The first-order chi connectivity index (χ1) is 15.5. The van der Waals surface area contributed by atoms with Gasteiger partial charge in [-0.15, -0.1) is 0 Å². The van der Waals surface area contributed by atoms with E-state index in [1.807, 2.05) is 0 Å². The summed E-state index contributed by atoms with van der Waals surface area (Å²) in [5.41, 5.74) is -4.26. The number of aromatic nitrogens is 3. The van der Waals surface area contributed by atoms with E-state index in [2.05, 4.69) is 20.3 Å². The van der Waals surface area contributed by atoms with Crippen LogP contribution in [0.3, 0.4) is 0 Å². The monoisotopic (exact) mass is 466 g/mol. The van der Waals surface area contributed by atoms with E-state index in [9.17, 15) is 31.1 Å². The highest BCUT2D eigenvalue weighted by Gasteiger charge is 2.39. The van der Waals surface area contributed by atoms with Crippen LogP contribution < -0.4 is 10.1 Å². The van der Waals surface area contributed by atoms with Crippen LogP contribution in [-0.4, -0.2) is 20.9 Å². The van der Waals surface area contributed by atoms with Gasteiger partial charge in [0.05, 0.1) is 16.6 Å². The van der Waals surface area contributed by atoms with Crippen molar-refractivity contribution in [2.45, 2.75) is 12.4 Å². The third-order valence-corrected chi connectivity index (χ3v) is 4.41. The largest absolute Gasteiger partial charge is 0.457 e. The van der Waals surface area contributed by atoms with E-state index in [-0.39, 0.29) is 11.8 Å². The van der Waals surface area contributed by atoms with Crippen LogP contribution in [0, 0.1) is 0 Å². The number of rotatable bonds is 4. The molecular formula is C21H12F6N4O2. The van der Waals surface area contributed by atoms with Crippen molar-refractivity contribution in [3.8, 4) is 11.5 Å². The zero-order valence-corrected chi connectivity index (χ0v) is 16.3. The van der Waals surface area contributed by atoms with Gasteiger partial charge >= 0.3 is 12.4 Å². The number of amides is 1. The number of nitrogens with zero attached hydrogens (tertiary/aromatic N) is 2. The summed E-state index contributed by atoms with van der Waals surface area (Å²) in [6.45, 7) is 0. The molecule has 0 aliphatic carbocycles. The lowest BCUT2D eigenvalue weighted by molar-refractivity contribution is -0.142. The van der Waals surface area contributed by atoms with E-state index in [4.69, 9.17) is 4.74 Å². The molecule has 0 radical (unpaired) electrons. The Hall–Kier alpha value is -4.09. The van der Waals surface area contributed by atoms with Crippen molar-refractivity contribution < 1.29 is 35.9 Å². The Morgan fingerprint density at radius 3 is 2.30 bits per heavy atom. The highest BCUT2D eigenvalue weighted by molar-refractivity contribution is 6.03. The molecule has 4 aromatic rings. The fourth-order valence-electron chi connectivity index (χ4n) is 2.97. The second-order valence-electron chi connectivity index (χ2n) is 6.77. The molecular weight excluding hydrogens is 454 g/mol. The summed E-state index contributed by atoms with van der Waals surface area (Å²) >= 11 is 0. The summed E-state index contributed by atoms with van der Waals surface area (Å²) in [5, 5.41) is 2.42. The fraction of sp³-hybridized carbons (Fsp3) is 0.0952. The van der Waals surface area contributed by atoms with E-state index >= 15 is 0 Å². The molecule has 12 heteroatoms. The highest BCUT2D eigenvalue weighted by Crippen LogP contribution is 2.39. The predicted octanol–water partition coefficient (Wildman–Crippen LogP) is 6.04. The summed E-state index contributed by atoms with van der Waals surface area (Å²) in [5.74, 6) is -0.715. The van der Waals surface area contributed by atoms with Crippen molar-refractivity contribution in [1.29, 1.82) is 0 Å². The minimum atomic E-state index is -5.11. The molecule has 0 aliphatic heterocycles. The number of H-pyrrole nitrogens is 1. The summed E-state index contributed by atoms with van der Waals surface area (Å²) in [7, 11) is 0. The van der Waals surface area contributed by atoms with Crippen LogP contribution in [0.2, 0.25) is 0 Å². The normalized spacial score (nSPS) is 12.1. The van der Waals surface area contributed by atoms with Crippen LogP contribution in [0.15, 0.2) is 60.9 Å². The fourth-order valence-corrected chi connectivity index (χ4v) is 2.97. The Morgan fingerprint density at radius 1 is 0.909 bits per heavy atom. The summed E-state index contributed by atoms with van der Waals surface area (Å²) in [6, 6.07) is 9.74. The highest BCUT2D eigenvalue weighted by atomic mass is 19.4. The van der Waals surface area contributed by atoms with Crippen LogP contribution in [0.4, 0.5) is 32.0 Å². The van der Waals surface area contributed by atoms with Gasteiger partial charge in [0.2, 0.25) is 0 Å².